The molecule has 0 saturated heterocycles. The normalized spacial score (nSPS) is 13.4. The van der Waals surface area contributed by atoms with Gasteiger partial charge in [-0.25, -0.2) is 4.98 Å². The van der Waals surface area contributed by atoms with Crippen LogP contribution in [0.25, 0.3) is 17.1 Å². The number of aromatic nitrogens is 4. The van der Waals surface area contributed by atoms with Crippen molar-refractivity contribution in [1.82, 2.24) is 19.3 Å². The van der Waals surface area contributed by atoms with E-state index in [1.807, 2.05) is 60.9 Å². The molecule has 2 aromatic rings. The molecule has 7 nitrogen and oxygen atoms in total. The number of para-hydroxylation sites is 1. The lowest BCUT2D eigenvalue weighted by atomic mass is 10.1. The fourth-order valence-corrected chi connectivity index (χ4v) is 5.54. The summed E-state index contributed by atoms with van der Waals surface area (Å²) in [6, 6.07) is 17.2. The third-order valence-electron chi connectivity index (χ3n) is 5.85. The zero-order valence-corrected chi connectivity index (χ0v) is 20.5. The van der Waals surface area contributed by atoms with Crippen molar-refractivity contribution < 1.29 is 4.79 Å². The SMILES string of the molecule is CSc1cccc(NC(=O)CSc2nc3nn(-c4ccccc4)c(=O)c-3c3n2CCCCC3)c1. The van der Waals surface area contributed by atoms with Crippen LogP contribution in [-0.4, -0.2) is 37.2 Å². The molecule has 3 heterocycles. The number of hydrogen-bond acceptors (Lipinski definition) is 6. The number of amides is 1. The molecule has 0 fully saturated rings. The Hall–Kier alpha value is -3.04. The Balaban J connectivity index is 1.46. The highest BCUT2D eigenvalue weighted by atomic mass is 32.2. The van der Waals surface area contributed by atoms with E-state index in [2.05, 4.69) is 15.0 Å². The van der Waals surface area contributed by atoms with Gasteiger partial charge in [-0.05, 0) is 55.9 Å². The Morgan fingerprint density at radius 3 is 2.76 bits per heavy atom. The number of nitrogens with zero attached hydrogens (tertiary/aromatic N) is 4. The zero-order valence-electron chi connectivity index (χ0n) is 18.9. The summed E-state index contributed by atoms with van der Waals surface area (Å²) >= 11 is 3.03. The molecule has 0 aromatic heterocycles. The van der Waals surface area contributed by atoms with Gasteiger partial charge < -0.3 is 9.88 Å². The summed E-state index contributed by atoms with van der Waals surface area (Å²) in [7, 11) is 0. The minimum Gasteiger partial charge on any atom is -0.325 e. The van der Waals surface area contributed by atoms with Gasteiger partial charge >= 0.3 is 0 Å². The van der Waals surface area contributed by atoms with Crippen molar-refractivity contribution in [2.24, 2.45) is 0 Å². The third-order valence-corrected chi connectivity index (χ3v) is 7.56. The highest BCUT2D eigenvalue weighted by Crippen LogP contribution is 2.30. The van der Waals surface area contributed by atoms with Crippen molar-refractivity contribution in [2.75, 3.05) is 17.3 Å². The van der Waals surface area contributed by atoms with E-state index in [0.29, 0.717) is 11.4 Å². The van der Waals surface area contributed by atoms with E-state index in [0.717, 1.165) is 59.3 Å². The number of benzene rings is 2. The van der Waals surface area contributed by atoms with E-state index in [-0.39, 0.29) is 17.2 Å². The third kappa shape index (κ3) is 4.63. The molecule has 2 aromatic carbocycles. The highest BCUT2D eigenvalue weighted by Gasteiger charge is 2.27. The Kier molecular flexibility index (Phi) is 6.73. The molecule has 1 amide bonds. The van der Waals surface area contributed by atoms with Gasteiger partial charge in [0.15, 0.2) is 11.0 Å². The van der Waals surface area contributed by atoms with Crippen molar-refractivity contribution in [2.45, 2.75) is 42.3 Å². The fourth-order valence-electron chi connectivity index (χ4n) is 4.24. The number of hydrogen-bond donors (Lipinski definition) is 1. The van der Waals surface area contributed by atoms with Gasteiger partial charge in [0.1, 0.15) is 5.56 Å². The second-order valence-corrected chi connectivity index (χ2v) is 9.95. The van der Waals surface area contributed by atoms with E-state index in [1.54, 1.807) is 11.8 Å². The molecule has 174 valence electrons. The van der Waals surface area contributed by atoms with Crippen LogP contribution in [0.4, 0.5) is 5.69 Å². The summed E-state index contributed by atoms with van der Waals surface area (Å²) in [6.07, 6.45) is 5.95. The summed E-state index contributed by atoms with van der Waals surface area (Å²) in [5, 5.41) is 8.26. The van der Waals surface area contributed by atoms with E-state index < -0.39 is 0 Å². The molecule has 3 aliphatic heterocycles. The summed E-state index contributed by atoms with van der Waals surface area (Å²) < 4.78 is 3.56. The van der Waals surface area contributed by atoms with Gasteiger partial charge in [-0.2, -0.15) is 4.68 Å². The Morgan fingerprint density at radius 1 is 1.09 bits per heavy atom. The van der Waals surface area contributed by atoms with Crippen LogP contribution in [0.5, 0.6) is 0 Å². The lowest BCUT2D eigenvalue weighted by Crippen LogP contribution is -2.20. The van der Waals surface area contributed by atoms with Gasteiger partial charge in [0.05, 0.1) is 11.4 Å². The largest absolute Gasteiger partial charge is 0.325 e. The average molecular weight is 492 g/mol. The molecule has 34 heavy (non-hydrogen) atoms. The smallest absolute Gasteiger partial charge is 0.284 e. The van der Waals surface area contributed by atoms with Gasteiger partial charge in [0, 0.05) is 22.8 Å². The first kappa shape index (κ1) is 22.7. The van der Waals surface area contributed by atoms with Gasteiger partial charge in [-0.1, -0.05) is 42.4 Å². The minimum absolute atomic E-state index is 0.0903. The number of nitrogens with one attached hydrogen (secondary N) is 1. The molecule has 0 unspecified atom stereocenters. The maximum atomic E-state index is 13.3. The number of carbonyl (C=O) groups is 1. The van der Waals surface area contributed by atoms with Crippen molar-refractivity contribution >= 4 is 35.1 Å². The van der Waals surface area contributed by atoms with Crippen LogP contribution in [0.3, 0.4) is 0 Å². The standard InChI is InChI=1S/C25H25N5O2S2/c1-33-19-12-8-9-17(15-19)26-21(31)16-34-25-27-23-22(20-13-6-3-7-14-29(20)25)24(32)30(28-23)18-10-4-2-5-11-18/h2,4-5,8-12,15H,3,6-7,13-14,16H2,1H3,(H,26,31). The summed E-state index contributed by atoms with van der Waals surface area (Å²) in [5.41, 5.74) is 2.94. The van der Waals surface area contributed by atoms with Crippen LogP contribution < -0.4 is 10.9 Å². The van der Waals surface area contributed by atoms with E-state index in [1.165, 1.54) is 16.4 Å². The first-order valence-electron chi connectivity index (χ1n) is 11.3. The number of anilines is 1. The predicted octanol–water partition coefficient (Wildman–Crippen LogP) is 4.71. The van der Waals surface area contributed by atoms with Crippen LogP contribution in [0, 0.1) is 0 Å². The average Bonchev–Trinajstić information content (AvgIpc) is 3.02. The van der Waals surface area contributed by atoms with E-state index in [9.17, 15) is 9.59 Å². The molecule has 0 bridgehead atoms. The lowest BCUT2D eigenvalue weighted by Gasteiger charge is -2.17. The van der Waals surface area contributed by atoms with Crippen molar-refractivity contribution in [3.05, 3.63) is 70.6 Å². The summed E-state index contributed by atoms with van der Waals surface area (Å²) in [6.45, 7) is 0.786. The Labute approximate surface area is 206 Å². The first-order valence-corrected chi connectivity index (χ1v) is 13.5. The molecule has 3 aliphatic rings. The zero-order chi connectivity index (χ0) is 23.5. The molecular weight excluding hydrogens is 466 g/mol. The van der Waals surface area contributed by atoms with E-state index >= 15 is 0 Å². The monoisotopic (exact) mass is 491 g/mol. The van der Waals surface area contributed by atoms with Crippen molar-refractivity contribution in [1.29, 1.82) is 0 Å². The number of fused-ring (bicyclic) bond motifs is 3. The second-order valence-electron chi connectivity index (χ2n) is 8.12. The van der Waals surface area contributed by atoms with Crippen LogP contribution in [0.15, 0.2) is 69.4 Å². The number of thioether (sulfide) groups is 2. The highest BCUT2D eigenvalue weighted by molar-refractivity contribution is 7.99. The van der Waals surface area contributed by atoms with Crippen molar-refractivity contribution in [3.63, 3.8) is 0 Å². The molecule has 0 atom stereocenters. The molecule has 1 N–H and O–H groups in total. The molecule has 5 rings (SSSR count). The molecule has 9 heteroatoms. The topological polar surface area (TPSA) is 81.8 Å². The van der Waals surface area contributed by atoms with Crippen molar-refractivity contribution in [3.8, 4) is 17.1 Å². The maximum absolute atomic E-state index is 13.3. The van der Waals surface area contributed by atoms with Crippen LogP contribution in [0.1, 0.15) is 25.0 Å². The van der Waals surface area contributed by atoms with Crippen LogP contribution in [-0.2, 0) is 17.8 Å². The van der Waals surface area contributed by atoms with Crippen LogP contribution >= 0.6 is 23.5 Å². The second kappa shape index (κ2) is 10.1. The van der Waals surface area contributed by atoms with Crippen LogP contribution in [0.2, 0.25) is 0 Å². The Bertz CT molecular complexity index is 1350. The summed E-state index contributed by atoms with van der Waals surface area (Å²) in [5.74, 6) is 0.579. The summed E-state index contributed by atoms with van der Waals surface area (Å²) in [4.78, 5) is 31.9. The molecule has 0 saturated carbocycles. The number of rotatable bonds is 6. The molecule has 0 aliphatic carbocycles. The molecule has 0 spiro atoms. The van der Waals surface area contributed by atoms with Gasteiger partial charge in [0.2, 0.25) is 5.91 Å². The quantitative estimate of drug-likeness (QED) is 0.311. The molecule has 0 radical (unpaired) electrons. The van der Waals surface area contributed by atoms with Gasteiger partial charge in [-0.3, -0.25) is 9.59 Å². The predicted molar refractivity (Wildman–Crippen MR) is 137 cm³/mol. The van der Waals surface area contributed by atoms with Gasteiger partial charge in [-0.15, -0.1) is 16.9 Å². The van der Waals surface area contributed by atoms with E-state index in [4.69, 9.17) is 4.98 Å². The molecular formula is C25H25N5O2S2. The Morgan fingerprint density at radius 2 is 1.94 bits per heavy atom. The maximum Gasteiger partial charge on any atom is 0.284 e. The number of carbonyl (C=O) groups excluding carboxylic acids is 1. The lowest BCUT2D eigenvalue weighted by molar-refractivity contribution is -0.113. The fraction of sp³-hybridized carbons (Fsp3) is 0.280. The van der Waals surface area contributed by atoms with Gasteiger partial charge in [0.25, 0.3) is 5.56 Å². The minimum atomic E-state index is -0.137. The first-order chi connectivity index (χ1) is 16.6.